The first kappa shape index (κ1) is 30.5. The van der Waals surface area contributed by atoms with Crippen molar-refractivity contribution in [2.24, 2.45) is 4.99 Å². The summed E-state index contributed by atoms with van der Waals surface area (Å²) in [5.41, 5.74) is 4.93. The average molecular weight is 635 g/mol. The average Bonchev–Trinajstić information content (AvgIpc) is 3.72. The number of carbonyl (C=O) groups excluding carboxylic acids is 1. The molecule has 3 N–H and O–H groups in total. The Bertz CT molecular complexity index is 1870. The molecule has 0 fully saturated rings. The normalized spacial score (nSPS) is 13.3. The summed E-state index contributed by atoms with van der Waals surface area (Å²) in [6.07, 6.45) is 3.08. The Hall–Kier alpha value is -6.57. The maximum absolute atomic E-state index is 13.8. The van der Waals surface area contributed by atoms with E-state index in [0.717, 1.165) is 0 Å². The second-order valence-corrected chi connectivity index (χ2v) is 9.79. The Morgan fingerprint density at radius 3 is 1.83 bits per heavy atom. The molecule has 3 aromatic carbocycles. The number of aliphatic imine (C=N–C) groups is 1. The Morgan fingerprint density at radius 2 is 1.30 bits per heavy atom. The number of furan rings is 1. The third kappa shape index (κ3) is 6.76. The fourth-order valence-electron chi connectivity index (χ4n) is 4.61. The van der Waals surface area contributed by atoms with Crippen LogP contribution in [0.1, 0.15) is 11.3 Å². The molecule has 0 radical (unpaired) electrons. The summed E-state index contributed by atoms with van der Waals surface area (Å²) in [6, 6.07) is 23.2. The van der Waals surface area contributed by atoms with Gasteiger partial charge < -0.3 is 34.0 Å². The van der Waals surface area contributed by atoms with Crippen LogP contribution in [0.4, 0.5) is 29.2 Å². The largest absolute Gasteiger partial charge is 0.497 e. The van der Waals surface area contributed by atoms with Crippen LogP contribution in [0, 0.1) is 0 Å². The summed E-state index contributed by atoms with van der Waals surface area (Å²) >= 11 is 0. The van der Waals surface area contributed by atoms with Crippen molar-refractivity contribution < 1.29 is 28.2 Å². The smallest absolute Gasteiger partial charge is 0.297 e. The Morgan fingerprint density at radius 1 is 0.702 bits per heavy atom. The number of hydrogen-bond donors (Lipinski definition) is 3. The van der Waals surface area contributed by atoms with Crippen molar-refractivity contribution in [1.29, 1.82) is 0 Å². The van der Waals surface area contributed by atoms with Gasteiger partial charge in [0, 0.05) is 23.8 Å². The zero-order chi connectivity index (χ0) is 32.8. The number of nitrogens with zero attached hydrogens (tertiary/aromatic N) is 5. The van der Waals surface area contributed by atoms with E-state index in [-0.39, 0.29) is 23.5 Å². The monoisotopic (exact) mass is 634 g/mol. The minimum absolute atomic E-state index is 0.0185. The number of rotatable bonds is 12. The van der Waals surface area contributed by atoms with Gasteiger partial charge in [-0.1, -0.05) is 30.3 Å². The van der Waals surface area contributed by atoms with Crippen LogP contribution in [-0.4, -0.2) is 60.1 Å². The number of aromatic nitrogens is 3. The Kier molecular flexibility index (Phi) is 8.81. The van der Waals surface area contributed by atoms with E-state index in [9.17, 15) is 4.79 Å². The molecule has 0 unspecified atom stereocenters. The molecule has 0 spiro atoms. The molecule has 0 bridgehead atoms. The van der Waals surface area contributed by atoms with Gasteiger partial charge in [-0.25, -0.2) is 4.99 Å². The van der Waals surface area contributed by atoms with Crippen molar-refractivity contribution in [1.82, 2.24) is 20.0 Å². The molecule has 2 aromatic heterocycles. The quantitative estimate of drug-likeness (QED) is 0.145. The molecule has 47 heavy (non-hydrogen) atoms. The molecule has 0 saturated heterocycles. The first-order valence-corrected chi connectivity index (χ1v) is 14.2. The van der Waals surface area contributed by atoms with Crippen LogP contribution in [0.3, 0.4) is 0 Å². The van der Waals surface area contributed by atoms with Gasteiger partial charge in [0.15, 0.2) is 5.84 Å². The van der Waals surface area contributed by atoms with Gasteiger partial charge in [-0.05, 0) is 36.4 Å². The van der Waals surface area contributed by atoms with E-state index in [0.29, 0.717) is 51.5 Å². The topological polar surface area (TPSA) is 157 Å². The van der Waals surface area contributed by atoms with Crippen LogP contribution < -0.4 is 35.0 Å². The number of carbonyl (C=O) groups is 1. The molecular formula is C33H30N8O6. The molecule has 14 nitrogen and oxygen atoms in total. The van der Waals surface area contributed by atoms with Gasteiger partial charge >= 0.3 is 0 Å². The van der Waals surface area contributed by atoms with Gasteiger partial charge in [-0.2, -0.15) is 20.0 Å². The van der Waals surface area contributed by atoms with Gasteiger partial charge in [0.2, 0.25) is 17.8 Å². The van der Waals surface area contributed by atoms with E-state index in [1.54, 1.807) is 83.0 Å². The van der Waals surface area contributed by atoms with Gasteiger partial charge in [0.25, 0.3) is 5.91 Å². The zero-order valence-corrected chi connectivity index (χ0v) is 25.8. The zero-order valence-electron chi connectivity index (χ0n) is 25.8. The predicted octanol–water partition coefficient (Wildman–Crippen LogP) is 5.64. The molecule has 6 rings (SSSR count). The van der Waals surface area contributed by atoms with Crippen molar-refractivity contribution >= 4 is 47.0 Å². The number of amidine groups is 1. The SMILES string of the molecule is COc1ccc(OC)c(Nc2nc(Nc3cc(OC)ccc3OC)nc(NN3C(=O)/C(=C\c4ccco4)N=C3c3ccccc3)n2)c1. The minimum atomic E-state index is -0.450. The standard InChI is InChI=1S/C33H30N8O6/c1-43-21-12-14-27(45-3)24(17-21)35-31-37-32(36-25-18-22(44-2)13-15-28(25)46-4)39-33(38-31)40-41-29(20-9-6-5-7-10-20)34-26(30(41)42)19-23-11-8-16-47-23/h5-19H,1-4H3,(H3,35,36,37,38,39,40)/b26-19+. The molecule has 0 aliphatic carbocycles. The number of hydrogen-bond acceptors (Lipinski definition) is 13. The maximum atomic E-state index is 13.8. The van der Waals surface area contributed by atoms with Gasteiger partial charge in [0.05, 0.1) is 46.1 Å². The van der Waals surface area contributed by atoms with Crippen molar-refractivity contribution in [3.05, 3.63) is 102 Å². The molecule has 14 heteroatoms. The Labute approximate surface area is 269 Å². The van der Waals surface area contributed by atoms with Crippen LogP contribution in [-0.2, 0) is 4.79 Å². The van der Waals surface area contributed by atoms with E-state index in [1.807, 2.05) is 30.3 Å². The van der Waals surface area contributed by atoms with E-state index >= 15 is 0 Å². The predicted molar refractivity (Wildman–Crippen MR) is 176 cm³/mol. The summed E-state index contributed by atoms with van der Waals surface area (Å²) in [7, 11) is 6.22. The highest BCUT2D eigenvalue weighted by atomic mass is 16.5. The fraction of sp³-hybridized carbons (Fsp3) is 0.121. The molecule has 0 atom stereocenters. The molecule has 1 aliphatic rings. The lowest BCUT2D eigenvalue weighted by molar-refractivity contribution is -0.121. The number of ether oxygens (including phenoxy) is 4. The van der Waals surface area contributed by atoms with Crippen LogP contribution in [0.15, 0.2) is 100 Å². The number of methoxy groups -OCH3 is 4. The van der Waals surface area contributed by atoms with Crippen molar-refractivity contribution in [3.63, 3.8) is 0 Å². The number of benzene rings is 3. The first-order valence-electron chi connectivity index (χ1n) is 14.2. The van der Waals surface area contributed by atoms with Crippen molar-refractivity contribution in [2.75, 3.05) is 44.5 Å². The second-order valence-electron chi connectivity index (χ2n) is 9.79. The fourth-order valence-corrected chi connectivity index (χ4v) is 4.61. The number of nitrogens with one attached hydrogen (secondary N) is 3. The third-order valence-electron chi connectivity index (χ3n) is 6.87. The van der Waals surface area contributed by atoms with Gasteiger partial charge in [-0.3, -0.25) is 10.2 Å². The summed E-state index contributed by atoms with van der Waals surface area (Å²) in [5.74, 6) is 2.83. The van der Waals surface area contributed by atoms with Crippen LogP contribution in [0.25, 0.3) is 6.08 Å². The summed E-state index contributed by atoms with van der Waals surface area (Å²) < 4.78 is 27.3. The van der Waals surface area contributed by atoms with Crippen LogP contribution >= 0.6 is 0 Å². The summed E-state index contributed by atoms with van der Waals surface area (Å²) in [6.45, 7) is 0. The van der Waals surface area contributed by atoms with E-state index < -0.39 is 5.91 Å². The highest BCUT2D eigenvalue weighted by molar-refractivity contribution is 6.20. The van der Waals surface area contributed by atoms with Crippen molar-refractivity contribution in [2.45, 2.75) is 0 Å². The lowest BCUT2D eigenvalue weighted by Gasteiger charge is -2.20. The second kappa shape index (κ2) is 13.6. The Balaban J connectivity index is 1.41. The lowest BCUT2D eigenvalue weighted by atomic mass is 10.2. The molecule has 5 aromatic rings. The van der Waals surface area contributed by atoms with Crippen molar-refractivity contribution in [3.8, 4) is 23.0 Å². The minimum Gasteiger partial charge on any atom is -0.497 e. The van der Waals surface area contributed by atoms with Crippen LogP contribution in [0.2, 0.25) is 0 Å². The molecule has 0 saturated carbocycles. The highest BCUT2D eigenvalue weighted by Gasteiger charge is 2.33. The molecule has 238 valence electrons. The number of amides is 1. The maximum Gasteiger partial charge on any atom is 0.297 e. The molecule has 3 heterocycles. The van der Waals surface area contributed by atoms with E-state index in [2.05, 4.69) is 36.0 Å². The molecule has 1 aliphatic heterocycles. The van der Waals surface area contributed by atoms with Gasteiger partial charge in [-0.15, -0.1) is 0 Å². The molecule has 1 amide bonds. The number of hydrazine groups is 1. The lowest BCUT2D eigenvalue weighted by Crippen LogP contribution is -2.38. The van der Waals surface area contributed by atoms with E-state index in [1.165, 1.54) is 11.3 Å². The summed E-state index contributed by atoms with van der Waals surface area (Å²) in [4.78, 5) is 32.1. The van der Waals surface area contributed by atoms with Gasteiger partial charge in [0.1, 0.15) is 34.5 Å². The summed E-state index contributed by atoms with van der Waals surface area (Å²) in [5, 5.41) is 7.61. The number of anilines is 5. The first-order chi connectivity index (χ1) is 23.0. The van der Waals surface area contributed by atoms with E-state index in [4.69, 9.17) is 23.4 Å². The molecular weight excluding hydrogens is 604 g/mol. The highest BCUT2D eigenvalue weighted by Crippen LogP contribution is 2.33. The van der Waals surface area contributed by atoms with Crippen LogP contribution in [0.5, 0.6) is 23.0 Å². The third-order valence-corrected chi connectivity index (χ3v) is 6.87.